The van der Waals surface area contributed by atoms with Crippen LogP contribution in [0.1, 0.15) is 19.9 Å². The van der Waals surface area contributed by atoms with E-state index in [4.69, 9.17) is 5.73 Å². The number of aromatic nitrogens is 3. The lowest BCUT2D eigenvalue weighted by Crippen LogP contribution is -2.20. The molecule has 5 nitrogen and oxygen atoms in total. The SMILES string of the molecule is CC(C)C(CO)n1nnc2c(N)cccc21. The third-order valence-electron chi connectivity index (χ3n) is 2.80. The molecule has 2 aromatic rings. The van der Waals surface area contributed by atoms with Crippen molar-refractivity contribution in [1.29, 1.82) is 0 Å². The van der Waals surface area contributed by atoms with Crippen LogP contribution in [0.4, 0.5) is 5.69 Å². The van der Waals surface area contributed by atoms with Gasteiger partial charge in [-0.25, -0.2) is 4.68 Å². The molecule has 1 aromatic carbocycles. The van der Waals surface area contributed by atoms with Gasteiger partial charge in [0, 0.05) is 0 Å². The van der Waals surface area contributed by atoms with Crippen molar-refractivity contribution < 1.29 is 5.11 Å². The van der Waals surface area contributed by atoms with Crippen LogP contribution >= 0.6 is 0 Å². The third-order valence-corrected chi connectivity index (χ3v) is 2.80. The fourth-order valence-corrected chi connectivity index (χ4v) is 1.80. The number of nitrogen functional groups attached to an aromatic ring is 1. The predicted octanol–water partition coefficient (Wildman–Crippen LogP) is 1.20. The van der Waals surface area contributed by atoms with E-state index in [1.807, 2.05) is 26.0 Å². The van der Waals surface area contributed by atoms with Crippen LogP contribution in [0.15, 0.2) is 18.2 Å². The Morgan fingerprint density at radius 1 is 1.44 bits per heavy atom. The summed E-state index contributed by atoms with van der Waals surface area (Å²) in [5.41, 5.74) is 7.99. The van der Waals surface area contributed by atoms with Crippen LogP contribution in [0.3, 0.4) is 0 Å². The van der Waals surface area contributed by atoms with Gasteiger partial charge in [0.15, 0.2) is 0 Å². The molecule has 1 unspecified atom stereocenters. The highest BCUT2D eigenvalue weighted by Crippen LogP contribution is 2.24. The van der Waals surface area contributed by atoms with Crippen LogP contribution < -0.4 is 5.73 Å². The molecule has 3 N–H and O–H groups in total. The maximum atomic E-state index is 9.38. The van der Waals surface area contributed by atoms with E-state index in [2.05, 4.69) is 10.3 Å². The first-order valence-corrected chi connectivity index (χ1v) is 5.35. The Morgan fingerprint density at radius 3 is 2.81 bits per heavy atom. The molecule has 0 bridgehead atoms. The van der Waals surface area contributed by atoms with Gasteiger partial charge in [-0.1, -0.05) is 25.1 Å². The summed E-state index contributed by atoms with van der Waals surface area (Å²) in [6.07, 6.45) is 0. The number of aliphatic hydroxyl groups is 1. The average Bonchev–Trinajstić information content (AvgIpc) is 2.64. The Kier molecular flexibility index (Phi) is 2.78. The summed E-state index contributed by atoms with van der Waals surface area (Å²) < 4.78 is 1.75. The van der Waals surface area contributed by atoms with Crippen LogP contribution in [0.25, 0.3) is 11.0 Å². The molecule has 0 aliphatic rings. The normalized spacial score (nSPS) is 13.5. The first kappa shape index (κ1) is 10.9. The van der Waals surface area contributed by atoms with Crippen LogP contribution in [0.5, 0.6) is 0 Å². The molecule has 0 fully saturated rings. The number of nitrogens with zero attached hydrogens (tertiary/aromatic N) is 3. The van der Waals surface area contributed by atoms with Crippen molar-refractivity contribution >= 4 is 16.7 Å². The maximum Gasteiger partial charge on any atom is 0.136 e. The van der Waals surface area contributed by atoms with Gasteiger partial charge in [0.1, 0.15) is 5.52 Å². The molecule has 16 heavy (non-hydrogen) atoms. The van der Waals surface area contributed by atoms with Crippen LogP contribution in [-0.2, 0) is 0 Å². The predicted molar refractivity (Wildman–Crippen MR) is 62.9 cm³/mol. The minimum atomic E-state index is -0.0631. The highest BCUT2D eigenvalue weighted by molar-refractivity contribution is 5.86. The Hall–Kier alpha value is -1.62. The van der Waals surface area contributed by atoms with Crippen LogP contribution in [0, 0.1) is 5.92 Å². The smallest absolute Gasteiger partial charge is 0.136 e. The Morgan fingerprint density at radius 2 is 2.19 bits per heavy atom. The van der Waals surface area contributed by atoms with E-state index in [1.165, 1.54) is 0 Å². The van der Waals surface area contributed by atoms with Gasteiger partial charge in [-0.2, -0.15) is 0 Å². The Labute approximate surface area is 93.9 Å². The summed E-state index contributed by atoms with van der Waals surface area (Å²) in [4.78, 5) is 0. The summed E-state index contributed by atoms with van der Waals surface area (Å²) in [5.74, 6) is 0.288. The fourth-order valence-electron chi connectivity index (χ4n) is 1.80. The Balaban J connectivity index is 2.57. The summed E-state index contributed by atoms with van der Waals surface area (Å²) in [7, 11) is 0. The first-order chi connectivity index (χ1) is 7.65. The molecule has 1 heterocycles. The van der Waals surface area contributed by atoms with E-state index in [0.29, 0.717) is 11.2 Å². The number of hydrogen-bond donors (Lipinski definition) is 2. The zero-order chi connectivity index (χ0) is 11.7. The molecule has 0 saturated carbocycles. The van der Waals surface area contributed by atoms with Gasteiger partial charge >= 0.3 is 0 Å². The summed E-state index contributed by atoms with van der Waals surface area (Å²) >= 11 is 0. The van der Waals surface area contributed by atoms with E-state index >= 15 is 0 Å². The number of rotatable bonds is 3. The largest absolute Gasteiger partial charge is 0.397 e. The zero-order valence-corrected chi connectivity index (χ0v) is 9.46. The van der Waals surface area contributed by atoms with Crippen molar-refractivity contribution in [1.82, 2.24) is 15.0 Å². The number of benzene rings is 1. The van der Waals surface area contributed by atoms with Gasteiger partial charge in [0.25, 0.3) is 0 Å². The molecular weight excluding hydrogens is 204 g/mol. The van der Waals surface area contributed by atoms with Crippen molar-refractivity contribution in [3.05, 3.63) is 18.2 Å². The molecule has 0 radical (unpaired) electrons. The third kappa shape index (κ3) is 1.63. The van der Waals surface area contributed by atoms with E-state index in [0.717, 1.165) is 5.52 Å². The molecule has 0 aliphatic carbocycles. The average molecular weight is 220 g/mol. The summed E-state index contributed by atoms with van der Waals surface area (Å²) in [6.45, 7) is 4.13. The summed E-state index contributed by atoms with van der Waals surface area (Å²) in [5, 5.41) is 17.5. The number of fused-ring (bicyclic) bond motifs is 1. The molecule has 2 rings (SSSR count). The monoisotopic (exact) mass is 220 g/mol. The minimum Gasteiger partial charge on any atom is -0.397 e. The standard InChI is InChI=1S/C11H16N4O/c1-7(2)10(6-16)15-9-5-3-4-8(12)11(9)13-14-15/h3-5,7,10,16H,6,12H2,1-2H3. The van der Waals surface area contributed by atoms with Gasteiger partial charge in [-0.15, -0.1) is 5.10 Å². The lowest BCUT2D eigenvalue weighted by Gasteiger charge is -2.18. The Bertz CT molecular complexity index is 492. The van der Waals surface area contributed by atoms with E-state index in [-0.39, 0.29) is 18.6 Å². The van der Waals surface area contributed by atoms with Crippen LogP contribution in [0.2, 0.25) is 0 Å². The van der Waals surface area contributed by atoms with Gasteiger partial charge in [0.05, 0.1) is 23.9 Å². The minimum absolute atomic E-state index is 0.0466. The molecule has 0 amide bonds. The number of anilines is 1. The van der Waals surface area contributed by atoms with Gasteiger partial charge in [-0.05, 0) is 18.1 Å². The van der Waals surface area contributed by atoms with Crippen LogP contribution in [-0.4, -0.2) is 26.7 Å². The molecule has 0 aliphatic heterocycles. The number of aliphatic hydroxyl groups excluding tert-OH is 1. The van der Waals surface area contributed by atoms with Crippen molar-refractivity contribution in [2.45, 2.75) is 19.9 Å². The van der Waals surface area contributed by atoms with Gasteiger partial charge < -0.3 is 10.8 Å². The second-order valence-corrected chi connectivity index (χ2v) is 4.24. The lowest BCUT2D eigenvalue weighted by molar-refractivity contribution is 0.184. The maximum absolute atomic E-state index is 9.38. The van der Waals surface area contributed by atoms with Crippen molar-refractivity contribution in [3.63, 3.8) is 0 Å². The van der Waals surface area contributed by atoms with Crippen molar-refractivity contribution in [2.75, 3.05) is 12.3 Å². The first-order valence-electron chi connectivity index (χ1n) is 5.35. The number of hydrogen-bond acceptors (Lipinski definition) is 4. The van der Waals surface area contributed by atoms with Crippen molar-refractivity contribution in [2.24, 2.45) is 5.92 Å². The highest BCUT2D eigenvalue weighted by Gasteiger charge is 2.18. The second-order valence-electron chi connectivity index (χ2n) is 4.24. The molecule has 0 spiro atoms. The second kappa shape index (κ2) is 4.09. The lowest BCUT2D eigenvalue weighted by atomic mass is 10.1. The van der Waals surface area contributed by atoms with Gasteiger partial charge in [0.2, 0.25) is 0 Å². The fraction of sp³-hybridized carbons (Fsp3) is 0.455. The van der Waals surface area contributed by atoms with Crippen molar-refractivity contribution in [3.8, 4) is 0 Å². The number of nitrogens with two attached hydrogens (primary N) is 1. The molecule has 5 heteroatoms. The molecule has 0 saturated heterocycles. The summed E-state index contributed by atoms with van der Waals surface area (Å²) in [6, 6.07) is 5.51. The van der Waals surface area contributed by atoms with Gasteiger partial charge in [-0.3, -0.25) is 0 Å². The van der Waals surface area contributed by atoms with E-state index < -0.39 is 0 Å². The molecule has 86 valence electrons. The highest BCUT2D eigenvalue weighted by atomic mass is 16.3. The topological polar surface area (TPSA) is 77.0 Å². The molecular formula is C11H16N4O. The quantitative estimate of drug-likeness (QED) is 0.762. The van der Waals surface area contributed by atoms with E-state index in [1.54, 1.807) is 10.7 Å². The van der Waals surface area contributed by atoms with E-state index in [9.17, 15) is 5.11 Å². The molecule has 1 aromatic heterocycles. The zero-order valence-electron chi connectivity index (χ0n) is 9.46. The molecule has 1 atom stereocenters.